The van der Waals surface area contributed by atoms with Crippen LogP contribution in [-0.4, -0.2) is 64.1 Å². The summed E-state index contributed by atoms with van der Waals surface area (Å²) in [4.78, 5) is 52.0. The van der Waals surface area contributed by atoms with Crippen LogP contribution in [0.4, 0.5) is 4.39 Å². The molecule has 1 aromatic carbocycles. The number of benzene rings is 1. The Kier molecular flexibility index (Phi) is 7.15. The van der Waals surface area contributed by atoms with Gasteiger partial charge in [0.25, 0.3) is 5.56 Å². The van der Waals surface area contributed by atoms with Gasteiger partial charge >= 0.3 is 21.3 Å². The van der Waals surface area contributed by atoms with Crippen LogP contribution in [-0.2, 0) is 29.2 Å². The van der Waals surface area contributed by atoms with Crippen LogP contribution in [0.5, 0.6) is 0 Å². The molecular formula is C17H18FN3O13P2. The zero-order chi connectivity index (χ0) is 26.4. The molecule has 0 radical (unpaired) electrons. The normalized spacial score (nSPS) is 24.3. The summed E-state index contributed by atoms with van der Waals surface area (Å²) in [5, 5.41) is 24.6. The Morgan fingerprint density at radius 3 is 2.53 bits per heavy atom. The van der Waals surface area contributed by atoms with Crippen molar-refractivity contribution in [3.05, 3.63) is 62.8 Å². The fraction of sp³-hybridized carbons (Fsp3) is 0.353. The van der Waals surface area contributed by atoms with Crippen molar-refractivity contribution in [2.75, 3.05) is 6.61 Å². The molecule has 1 aliphatic rings. The van der Waals surface area contributed by atoms with Crippen LogP contribution in [0.15, 0.2) is 44.6 Å². The predicted molar refractivity (Wildman–Crippen MR) is 113 cm³/mol. The third-order valence-corrected chi connectivity index (χ3v) is 7.28. The molecule has 1 fully saturated rings. The summed E-state index contributed by atoms with van der Waals surface area (Å²) in [7, 11) is -10.7. The fourth-order valence-corrected chi connectivity index (χ4v) is 5.12. The zero-order valence-corrected chi connectivity index (χ0v) is 19.5. The largest absolute Gasteiger partial charge is 0.481 e. The third kappa shape index (κ3) is 5.55. The second-order valence-electron chi connectivity index (χ2n) is 7.58. The summed E-state index contributed by atoms with van der Waals surface area (Å²) in [5.41, 5.74) is -1.54. The van der Waals surface area contributed by atoms with E-state index in [0.717, 1.165) is 29.0 Å². The first-order valence-electron chi connectivity index (χ1n) is 9.87. The van der Waals surface area contributed by atoms with Crippen molar-refractivity contribution in [3.63, 3.8) is 0 Å². The predicted octanol–water partition coefficient (Wildman–Crippen LogP) is -0.816. The average Bonchev–Trinajstić information content (AvgIpc) is 3.29. The van der Waals surface area contributed by atoms with Gasteiger partial charge in [-0.1, -0.05) is 5.16 Å². The van der Waals surface area contributed by atoms with Crippen LogP contribution < -0.4 is 11.2 Å². The number of aliphatic hydroxyl groups excluding tert-OH is 2. The highest BCUT2D eigenvalue weighted by atomic mass is 31.3. The molecule has 2 aromatic heterocycles. The Hall–Kier alpha value is -2.56. The summed E-state index contributed by atoms with van der Waals surface area (Å²) < 4.78 is 55.9. The number of phosphoric ester groups is 1. The van der Waals surface area contributed by atoms with Gasteiger partial charge in [-0.25, -0.2) is 18.3 Å². The van der Waals surface area contributed by atoms with Crippen molar-refractivity contribution in [1.82, 2.24) is 14.3 Å². The van der Waals surface area contributed by atoms with Gasteiger partial charge in [-0.05, 0) is 18.2 Å². The fourth-order valence-electron chi connectivity index (χ4n) is 3.52. The van der Waals surface area contributed by atoms with E-state index in [1.165, 1.54) is 6.07 Å². The molecule has 0 amide bonds. The van der Waals surface area contributed by atoms with Gasteiger partial charge in [0.15, 0.2) is 11.8 Å². The molecule has 0 spiro atoms. The standard InChI is InChI=1S/C17H18FN3O13P2/c18-8-1-2-11-9(5-8)10(19-33-11)6-21-13(22)3-4-20(17(21)25)16-15(24)14(23)12(32-16)7-31-36(29,30)34-35(26,27)28/h1-5,12,14-16,23-24H,6-7H2,(H,29,30)(H2,26,27,28)/t12-,14+,15+,16-/m1/s1. The molecule has 19 heteroatoms. The SMILES string of the molecule is O=c1ccn([C@@H]2O[C@H](COP(=O)(O)OP(=O)(O)O)[C@H](O)[C@@H]2O)c(=O)n1Cc1noc2ccc(F)cc12. The van der Waals surface area contributed by atoms with Crippen LogP contribution in [0.25, 0.3) is 11.0 Å². The van der Waals surface area contributed by atoms with Crippen LogP contribution >= 0.6 is 15.6 Å². The molecule has 4 rings (SSSR count). The molecule has 1 saturated heterocycles. The number of ether oxygens (including phenoxy) is 1. The van der Waals surface area contributed by atoms with Crippen molar-refractivity contribution in [2.24, 2.45) is 0 Å². The Morgan fingerprint density at radius 2 is 1.83 bits per heavy atom. The van der Waals surface area contributed by atoms with Gasteiger partial charge in [0.1, 0.15) is 29.8 Å². The lowest BCUT2D eigenvalue weighted by Crippen LogP contribution is -2.43. The summed E-state index contributed by atoms with van der Waals surface area (Å²) in [6, 6.07) is 4.51. The molecule has 0 bridgehead atoms. The maximum Gasteiger partial charge on any atom is 0.481 e. The second kappa shape index (κ2) is 9.72. The highest BCUT2D eigenvalue weighted by Crippen LogP contribution is 2.57. The number of rotatable bonds is 8. The minimum Gasteiger partial charge on any atom is -0.387 e. The topological polar surface area (TPSA) is 233 Å². The first kappa shape index (κ1) is 26.5. The highest BCUT2D eigenvalue weighted by Gasteiger charge is 2.46. The molecule has 5 atom stereocenters. The minimum atomic E-state index is -5.40. The van der Waals surface area contributed by atoms with E-state index in [1.54, 1.807) is 0 Å². The van der Waals surface area contributed by atoms with E-state index in [2.05, 4.69) is 14.0 Å². The minimum absolute atomic E-state index is 0.0596. The smallest absolute Gasteiger partial charge is 0.387 e. The zero-order valence-electron chi connectivity index (χ0n) is 17.7. The van der Waals surface area contributed by atoms with Crippen molar-refractivity contribution >= 4 is 26.6 Å². The van der Waals surface area contributed by atoms with Crippen molar-refractivity contribution in [1.29, 1.82) is 0 Å². The lowest BCUT2D eigenvalue weighted by atomic mass is 10.1. The molecule has 3 heterocycles. The van der Waals surface area contributed by atoms with Gasteiger partial charge in [-0.2, -0.15) is 4.31 Å². The lowest BCUT2D eigenvalue weighted by molar-refractivity contribution is -0.0547. The molecule has 3 aromatic rings. The molecule has 1 unspecified atom stereocenters. The van der Waals surface area contributed by atoms with Crippen molar-refractivity contribution < 1.29 is 56.5 Å². The van der Waals surface area contributed by atoms with E-state index in [0.29, 0.717) is 4.57 Å². The third-order valence-electron chi connectivity index (χ3n) is 5.13. The van der Waals surface area contributed by atoms with Gasteiger partial charge in [-0.15, -0.1) is 0 Å². The van der Waals surface area contributed by atoms with E-state index in [1.807, 2.05) is 0 Å². The maximum absolute atomic E-state index is 13.6. The monoisotopic (exact) mass is 553 g/mol. The summed E-state index contributed by atoms with van der Waals surface area (Å²) in [6.45, 7) is -1.42. The Morgan fingerprint density at radius 1 is 1.11 bits per heavy atom. The molecule has 0 aliphatic carbocycles. The van der Waals surface area contributed by atoms with Crippen LogP contribution in [0.3, 0.4) is 0 Å². The quantitative estimate of drug-likeness (QED) is 0.215. The van der Waals surface area contributed by atoms with Gasteiger partial charge in [0, 0.05) is 17.6 Å². The van der Waals surface area contributed by atoms with Crippen LogP contribution in [0, 0.1) is 5.82 Å². The van der Waals surface area contributed by atoms with Gasteiger partial charge in [0.2, 0.25) is 0 Å². The first-order chi connectivity index (χ1) is 16.8. The van der Waals surface area contributed by atoms with Crippen molar-refractivity contribution in [2.45, 2.75) is 31.1 Å². The van der Waals surface area contributed by atoms with E-state index < -0.39 is 70.4 Å². The first-order valence-corrected chi connectivity index (χ1v) is 12.9. The maximum atomic E-state index is 13.6. The van der Waals surface area contributed by atoms with Crippen LogP contribution in [0.1, 0.15) is 11.9 Å². The van der Waals surface area contributed by atoms with Gasteiger partial charge in [0.05, 0.1) is 13.2 Å². The van der Waals surface area contributed by atoms with Gasteiger partial charge in [-0.3, -0.25) is 18.5 Å². The summed E-state index contributed by atoms with van der Waals surface area (Å²) in [6.07, 6.45) is -5.79. The molecule has 16 nitrogen and oxygen atoms in total. The molecule has 196 valence electrons. The molecule has 1 aliphatic heterocycles. The number of phosphoric acid groups is 2. The number of aliphatic hydroxyl groups is 2. The molecule has 0 saturated carbocycles. The molecule has 36 heavy (non-hydrogen) atoms. The summed E-state index contributed by atoms with van der Waals surface area (Å²) >= 11 is 0. The van der Waals surface area contributed by atoms with Gasteiger partial charge < -0.3 is 34.2 Å². The van der Waals surface area contributed by atoms with Crippen LogP contribution in [0.2, 0.25) is 0 Å². The van der Waals surface area contributed by atoms with E-state index >= 15 is 0 Å². The number of aromatic nitrogens is 3. The number of hydrogen-bond donors (Lipinski definition) is 5. The lowest BCUT2D eigenvalue weighted by Gasteiger charge is -2.19. The number of fused-ring (bicyclic) bond motifs is 1. The van der Waals surface area contributed by atoms with E-state index in [-0.39, 0.29) is 16.7 Å². The number of nitrogens with zero attached hydrogens (tertiary/aromatic N) is 3. The highest BCUT2D eigenvalue weighted by molar-refractivity contribution is 7.60. The number of halogens is 1. The van der Waals surface area contributed by atoms with E-state index in [4.69, 9.17) is 19.0 Å². The van der Waals surface area contributed by atoms with Crippen molar-refractivity contribution in [3.8, 4) is 0 Å². The molecule has 5 N–H and O–H groups in total. The Bertz CT molecular complexity index is 1500. The van der Waals surface area contributed by atoms with E-state index in [9.17, 15) is 38.2 Å². The summed E-state index contributed by atoms with van der Waals surface area (Å²) in [5.74, 6) is -0.604. The second-order valence-corrected chi connectivity index (χ2v) is 10.4. The Labute approximate surface area is 198 Å². The molecular weight excluding hydrogens is 535 g/mol. The number of hydrogen-bond acceptors (Lipinski definition) is 11. The average molecular weight is 553 g/mol. The Balaban J connectivity index is 1.57.